The number of carbonyl (C=O) groups excluding carboxylic acids is 2. The maximum Gasteiger partial charge on any atom is 0.320 e. The minimum atomic E-state index is -1.51. The lowest BCUT2D eigenvalue weighted by molar-refractivity contribution is -0.156. The molecular formula is C13H23NO4SSi. The van der Waals surface area contributed by atoms with E-state index in [-0.39, 0.29) is 34.1 Å². The number of carbonyl (C=O) groups is 2. The van der Waals surface area contributed by atoms with Crippen molar-refractivity contribution in [3.63, 3.8) is 0 Å². The van der Waals surface area contributed by atoms with Gasteiger partial charge in [0.2, 0.25) is 5.91 Å². The molecule has 5 atom stereocenters. The van der Waals surface area contributed by atoms with Crippen LogP contribution < -0.4 is 0 Å². The molecule has 1 amide bonds. The number of hydrogen-bond acceptors (Lipinski definition) is 5. The zero-order valence-electron chi connectivity index (χ0n) is 12.6. The molecule has 2 heterocycles. The van der Waals surface area contributed by atoms with Crippen LogP contribution in [-0.2, 0) is 14.3 Å². The van der Waals surface area contributed by atoms with Gasteiger partial charge in [0.1, 0.15) is 5.25 Å². The summed E-state index contributed by atoms with van der Waals surface area (Å²) in [7, 11) is -1.51. The molecule has 0 aromatic heterocycles. The highest BCUT2D eigenvalue weighted by Crippen LogP contribution is 2.45. The van der Waals surface area contributed by atoms with Crippen LogP contribution in [0.1, 0.15) is 13.8 Å². The fourth-order valence-corrected chi connectivity index (χ4v) is 4.36. The third-order valence-corrected chi connectivity index (χ3v) is 8.20. The minimum Gasteiger partial charge on any atom is -0.466 e. The number of ether oxygens (including phenoxy) is 1. The summed E-state index contributed by atoms with van der Waals surface area (Å²) in [4.78, 5) is 25.7. The molecular weight excluding hydrogens is 294 g/mol. The molecule has 0 aromatic carbocycles. The van der Waals surface area contributed by atoms with Gasteiger partial charge < -0.3 is 14.7 Å². The Morgan fingerprint density at radius 3 is 2.55 bits per heavy atom. The number of β-lactam (4-membered cyclic amide) rings is 1. The van der Waals surface area contributed by atoms with Gasteiger partial charge in [0.05, 0.1) is 31.2 Å². The van der Waals surface area contributed by atoms with Gasteiger partial charge in [-0.1, -0.05) is 19.6 Å². The van der Waals surface area contributed by atoms with Crippen LogP contribution in [0.3, 0.4) is 0 Å². The zero-order chi connectivity index (χ0) is 15.2. The van der Waals surface area contributed by atoms with E-state index >= 15 is 0 Å². The van der Waals surface area contributed by atoms with Crippen molar-refractivity contribution in [3.05, 3.63) is 0 Å². The monoisotopic (exact) mass is 317 g/mol. The summed E-state index contributed by atoms with van der Waals surface area (Å²) < 4.78 is 5.56. The van der Waals surface area contributed by atoms with Crippen molar-refractivity contribution in [2.75, 3.05) is 6.54 Å². The van der Waals surface area contributed by atoms with E-state index in [0.717, 1.165) is 0 Å². The first kappa shape index (κ1) is 15.8. The Bertz CT molecular complexity index is 423. The Kier molecular flexibility index (Phi) is 4.24. The molecule has 0 saturated carbocycles. The molecule has 0 bridgehead atoms. The highest BCUT2D eigenvalue weighted by molar-refractivity contribution is 8.01. The van der Waals surface area contributed by atoms with Crippen molar-refractivity contribution in [1.82, 2.24) is 4.90 Å². The molecule has 4 unspecified atom stereocenters. The van der Waals surface area contributed by atoms with Crippen LogP contribution in [0.15, 0.2) is 0 Å². The summed E-state index contributed by atoms with van der Waals surface area (Å²) in [6.07, 6.45) is -0.660. The SMILES string of the molecule is CC(O)C1C(=O)N2CC(C(=O)OC(C)[Si](C)(C)C)S[C@H]12. The van der Waals surface area contributed by atoms with Crippen molar-refractivity contribution in [2.24, 2.45) is 5.92 Å². The normalized spacial score (nSPS) is 32.4. The van der Waals surface area contributed by atoms with Crippen LogP contribution >= 0.6 is 11.8 Å². The number of amides is 1. The van der Waals surface area contributed by atoms with Gasteiger partial charge in [-0.05, 0) is 13.8 Å². The van der Waals surface area contributed by atoms with Crippen LogP contribution in [0.2, 0.25) is 19.6 Å². The maximum atomic E-state index is 12.2. The van der Waals surface area contributed by atoms with E-state index in [2.05, 4.69) is 19.6 Å². The lowest BCUT2D eigenvalue weighted by atomic mass is 9.93. The molecule has 0 radical (unpaired) electrons. The second-order valence-electron chi connectivity index (χ2n) is 6.72. The van der Waals surface area contributed by atoms with Gasteiger partial charge in [-0.15, -0.1) is 11.8 Å². The highest BCUT2D eigenvalue weighted by atomic mass is 32.2. The summed E-state index contributed by atoms with van der Waals surface area (Å²) in [5.41, 5.74) is -0.0351. The third-order valence-electron chi connectivity index (χ3n) is 4.14. The van der Waals surface area contributed by atoms with Gasteiger partial charge in [-0.3, -0.25) is 9.59 Å². The van der Waals surface area contributed by atoms with E-state index in [1.807, 2.05) is 6.92 Å². The van der Waals surface area contributed by atoms with E-state index in [9.17, 15) is 14.7 Å². The molecule has 2 aliphatic rings. The number of esters is 1. The molecule has 1 N–H and O–H groups in total. The molecule has 0 aromatic rings. The van der Waals surface area contributed by atoms with Crippen molar-refractivity contribution in [3.8, 4) is 0 Å². The number of fused-ring (bicyclic) bond motifs is 1. The fourth-order valence-electron chi connectivity index (χ4n) is 2.29. The van der Waals surface area contributed by atoms with Crippen LogP contribution in [0.25, 0.3) is 0 Å². The van der Waals surface area contributed by atoms with Crippen molar-refractivity contribution >= 4 is 31.7 Å². The maximum absolute atomic E-state index is 12.2. The Morgan fingerprint density at radius 1 is 1.45 bits per heavy atom. The highest BCUT2D eigenvalue weighted by Gasteiger charge is 2.56. The van der Waals surface area contributed by atoms with Gasteiger partial charge >= 0.3 is 5.97 Å². The number of aliphatic hydroxyl groups is 1. The number of aliphatic hydroxyl groups excluding tert-OH is 1. The number of thioether (sulfide) groups is 1. The topological polar surface area (TPSA) is 66.8 Å². The second kappa shape index (κ2) is 5.34. The summed E-state index contributed by atoms with van der Waals surface area (Å²) >= 11 is 1.45. The van der Waals surface area contributed by atoms with E-state index in [1.165, 1.54) is 11.8 Å². The number of nitrogens with zero attached hydrogens (tertiary/aromatic N) is 1. The molecule has 0 aliphatic carbocycles. The van der Waals surface area contributed by atoms with Gasteiger partial charge in [0.25, 0.3) is 0 Å². The zero-order valence-corrected chi connectivity index (χ0v) is 14.4. The molecule has 5 nitrogen and oxygen atoms in total. The molecule has 20 heavy (non-hydrogen) atoms. The average molecular weight is 317 g/mol. The van der Waals surface area contributed by atoms with Gasteiger partial charge in [0.15, 0.2) is 0 Å². The fraction of sp³-hybridized carbons (Fsp3) is 0.846. The molecule has 2 rings (SSSR count). The first-order valence-electron chi connectivity index (χ1n) is 6.97. The standard InChI is InChI=1S/C13H23NO4SSi/c1-7(15)10-11(16)14-6-9(19-12(10)14)13(17)18-8(2)20(3,4)5/h7-10,12,15H,6H2,1-5H3/t7?,8?,9?,10?,12-/m1/s1. The molecule has 0 spiro atoms. The van der Waals surface area contributed by atoms with Gasteiger partial charge in [-0.25, -0.2) is 0 Å². The number of hydrogen-bond donors (Lipinski definition) is 1. The minimum absolute atomic E-state index is 0.0351. The Labute approximate surface area is 125 Å². The van der Waals surface area contributed by atoms with E-state index in [4.69, 9.17) is 4.74 Å². The number of rotatable bonds is 4. The summed E-state index contributed by atoms with van der Waals surface area (Å²) in [5, 5.41) is 9.21. The molecule has 7 heteroatoms. The summed E-state index contributed by atoms with van der Waals surface area (Å²) in [6, 6.07) is 0. The van der Waals surface area contributed by atoms with Crippen molar-refractivity contribution in [1.29, 1.82) is 0 Å². The predicted molar refractivity (Wildman–Crippen MR) is 81.0 cm³/mol. The molecule has 114 valence electrons. The van der Waals surface area contributed by atoms with Crippen LogP contribution in [-0.4, -0.2) is 59.0 Å². The third kappa shape index (κ3) is 2.75. The smallest absolute Gasteiger partial charge is 0.320 e. The van der Waals surface area contributed by atoms with E-state index in [1.54, 1.807) is 11.8 Å². The van der Waals surface area contributed by atoms with Crippen molar-refractivity contribution < 1.29 is 19.4 Å². The Balaban J connectivity index is 1.94. The molecule has 2 saturated heterocycles. The van der Waals surface area contributed by atoms with Gasteiger partial charge in [-0.2, -0.15) is 0 Å². The van der Waals surface area contributed by atoms with E-state index < -0.39 is 14.2 Å². The molecule has 2 fully saturated rings. The first-order valence-corrected chi connectivity index (χ1v) is 11.5. The van der Waals surface area contributed by atoms with Crippen molar-refractivity contribution in [2.45, 2.75) is 55.9 Å². The van der Waals surface area contributed by atoms with Crippen LogP contribution in [0, 0.1) is 5.92 Å². The summed E-state index contributed by atoms with van der Waals surface area (Å²) in [6.45, 7) is 10.5. The van der Waals surface area contributed by atoms with Gasteiger partial charge in [0, 0.05) is 6.54 Å². The summed E-state index contributed by atoms with van der Waals surface area (Å²) in [5.74, 6) is -0.644. The Hall–Kier alpha value is -0.533. The first-order chi connectivity index (χ1) is 9.12. The largest absolute Gasteiger partial charge is 0.466 e. The van der Waals surface area contributed by atoms with Crippen LogP contribution in [0.4, 0.5) is 0 Å². The molecule has 2 aliphatic heterocycles. The second-order valence-corrected chi connectivity index (χ2v) is 13.6. The predicted octanol–water partition coefficient (Wildman–Crippen LogP) is 1.08. The lowest BCUT2D eigenvalue weighted by Gasteiger charge is -2.42. The quantitative estimate of drug-likeness (QED) is 0.477. The Morgan fingerprint density at radius 2 is 2.05 bits per heavy atom. The van der Waals surface area contributed by atoms with Crippen LogP contribution in [0.5, 0.6) is 0 Å². The lowest BCUT2D eigenvalue weighted by Crippen LogP contribution is -2.60. The average Bonchev–Trinajstić information content (AvgIpc) is 2.66. The van der Waals surface area contributed by atoms with E-state index in [0.29, 0.717) is 6.54 Å².